The Morgan fingerprint density at radius 2 is 2.25 bits per heavy atom. The Bertz CT molecular complexity index is 658. The first-order chi connectivity index (χ1) is 9.61. The molecular weight excluding hydrogens is 252 g/mol. The molecular formula is C15H18N4O. The second-order valence-corrected chi connectivity index (χ2v) is 5.27. The number of carbonyl (C=O) groups is 1. The van der Waals surface area contributed by atoms with Gasteiger partial charge in [0.15, 0.2) is 0 Å². The largest absolute Gasteiger partial charge is 0.399 e. The van der Waals surface area contributed by atoms with Crippen LogP contribution in [0.2, 0.25) is 0 Å². The van der Waals surface area contributed by atoms with Crippen LogP contribution in [0.5, 0.6) is 0 Å². The number of nitrogens with one attached hydrogen (secondary N) is 2. The maximum atomic E-state index is 11.2. The fourth-order valence-electron chi connectivity index (χ4n) is 2.57. The second-order valence-electron chi connectivity index (χ2n) is 5.27. The van der Waals surface area contributed by atoms with E-state index >= 15 is 0 Å². The molecule has 4 N–H and O–H groups in total. The van der Waals surface area contributed by atoms with Crippen molar-refractivity contribution in [1.29, 1.82) is 0 Å². The number of rotatable bonds is 2. The van der Waals surface area contributed by atoms with Crippen molar-refractivity contribution in [3.8, 4) is 0 Å². The smallest absolute Gasteiger partial charge is 0.220 e. The molecule has 1 aromatic heterocycles. The molecule has 1 aliphatic heterocycles. The number of amides is 1. The molecule has 0 radical (unpaired) electrons. The van der Waals surface area contributed by atoms with Crippen LogP contribution in [0.25, 0.3) is 10.9 Å². The minimum Gasteiger partial charge on any atom is -0.399 e. The van der Waals surface area contributed by atoms with E-state index in [-0.39, 0.29) is 11.9 Å². The van der Waals surface area contributed by atoms with E-state index in [4.69, 9.17) is 5.73 Å². The van der Waals surface area contributed by atoms with Gasteiger partial charge in [-0.05, 0) is 37.6 Å². The Balaban J connectivity index is 1.93. The molecule has 104 valence electrons. The number of hydrogen-bond acceptors (Lipinski definition) is 4. The quantitative estimate of drug-likeness (QED) is 0.727. The molecule has 1 aromatic carbocycles. The van der Waals surface area contributed by atoms with E-state index in [9.17, 15) is 4.79 Å². The van der Waals surface area contributed by atoms with Crippen LogP contribution in [0.1, 0.15) is 18.5 Å². The number of aryl methyl sites for hydroxylation is 1. The second kappa shape index (κ2) is 5.00. The summed E-state index contributed by atoms with van der Waals surface area (Å²) in [4.78, 5) is 15.7. The summed E-state index contributed by atoms with van der Waals surface area (Å²) >= 11 is 0. The van der Waals surface area contributed by atoms with Crippen molar-refractivity contribution in [3.05, 3.63) is 30.0 Å². The Kier molecular flexibility index (Phi) is 3.18. The number of nitrogens with zero attached hydrogens (tertiary/aromatic N) is 1. The summed E-state index contributed by atoms with van der Waals surface area (Å²) in [5.41, 5.74) is 9.52. The number of pyridine rings is 1. The maximum Gasteiger partial charge on any atom is 0.220 e. The Labute approximate surface area is 117 Å². The molecule has 1 fully saturated rings. The molecule has 1 unspecified atom stereocenters. The van der Waals surface area contributed by atoms with Crippen LogP contribution in [-0.2, 0) is 4.79 Å². The van der Waals surface area contributed by atoms with Gasteiger partial charge in [0.2, 0.25) is 5.91 Å². The van der Waals surface area contributed by atoms with Crippen LogP contribution in [0, 0.1) is 6.92 Å². The molecule has 20 heavy (non-hydrogen) atoms. The summed E-state index contributed by atoms with van der Waals surface area (Å²) < 4.78 is 0. The van der Waals surface area contributed by atoms with Crippen LogP contribution >= 0.6 is 0 Å². The van der Waals surface area contributed by atoms with Crippen molar-refractivity contribution in [1.82, 2.24) is 10.3 Å². The number of hydrogen-bond donors (Lipinski definition) is 3. The number of nitrogens with two attached hydrogens (primary N) is 1. The zero-order valence-corrected chi connectivity index (χ0v) is 11.4. The van der Waals surface area contributed by atoms with Crippen LogP contribution in [0.4, 0.5) is 11.4 Å². The molecule has 0 bridgehead atoms. The number of nitrogen functional groups attached to an aromatic ring is 1. The zero-order chi connectivity index (χ0) is 14.1. The first-order valence-electron chi connectivity index (χ1n) is 6.82. The SMILES string of the molecule is Cc1cc(NC2CCC(=O)NC2)c2cc(N)ccc2n1. The van der Waals surface area contributed by atoms with Gasteiger partial charge in [-0.1, -0.05) is 0 Å². The fraction of sp³-hybridized carbons (Fsp3) is 0.333. The van der Waals surface area contributed by atoms with Crippen molar-refractivity contribution in [2.24, 2.45) is 0 Å². The lowest BCUT2D eigenvalue weighted by Crippen LogP contribution is -2.41. The lowest BCUT2D eigenvalue weighted by Gasteiger charge is -2.25. The summed E-state index contributed by atoms with van der Waals surface area (Å²) in [7, 11) is 0. The molecule has 2 aromatic rings. The van der Waals surface area contributed by atoms with Crippen molar-refractivity contribution >= 4 is 28.2 Å². The summed E-state index contributed by atoms with van der Waals surface area (Å²) in [6.45, 7) is 2.63. The van der Waals surface area contributed by atoms with E-state index in [2.05, 4.69) is 15.6 Å². The first kappa shape index (κ1) is 12.7. The van der Waals surface area contributed by atoms with Gasteiger partial charge in [0, 0.05) is 41.5 Å². The molecule has 1 saturated heterocycles. The van der Waals surface area contributed by atoms with Gasteiger partial charge in [-0.25, -0.2) is 0 Å². The number of piperidine rings is 1. The standard InChI is InChI=1S/C15H18N4O/c1-9-6-14(19-11-3-5-15(20)17-8-11)12-7-10(16)2-4-13(12)18-9/h2,4,6-7,11H,3,5,8,16H2,1H3,(H,17,20)(H,18,19). The zero-order valence-electron chi connectivity index (χ0n) is 11.4. The molecule has 2 heterocycles. The molecule has 1 aliphatic rings. The van der Waals surface area contributed by atoms with Crippen LogP contribution < -0.4 is 16.4 Å². The third kappa shape index (κ3) is 2.52. The highest BCUT2D eigenvalue weighted by molar-refractivity contribution is 5.93. The Hall–Kier alpha value is -2.30. The van der Waals surface area contributed by atoms with Gasteiger partial charge in [-0.3, -0.25) is 9.78 Å². The average molecular weight is 270 g/mol. The van der Waals surface area contributed by atoms with Gasteiger partial charge in [0.25, 0.3) is 0 Å². The van der Waals surface area contributed by atoms with Crippen LogP contribution in [0.3, 0.4) is 0 Å². The molecule has 0 saturated carbocycles. The van der Waals surface area contributed by atoms with Crippen molar-refractivity contribution in [2.75, 3.05) is 17.6 Å². The Morgan fingerprint density at radius 1 is 1.40 bits per heavy atom. The lowest BCUT2D eigenvalue weighted by atomic mass is 10.1. The minimum atomic E-state index is 0.128. The van der Waals surface area contributed by atoms with Crippen LogP contribution in [0.15, 0.2) is 24.3 Å². The van der Waals surface area contributed by atoms with Gasteiger partial charge in [-0.2, -0.15) is 0 Å². The number of benzene rings is 1. The highest BCUT2D eigenvalue weighted by atomic mass is 16.1. The van der Waals surface area contributed by atoms with Gasteiger partial charge in [0.1, 0.15) is 0 Å². The Morgan fingerprint density at radius 3 is 3.00 bits per heavy atom. The molecule has 0 aliphatic carbocycles. The predicted molar refractivity (Wildman–Crippen MR) is 80.5 cm³/mol. The monoisotopic (exact) mass is 270 g/mol. The predicted octanol–water partition coefficient (Wildman–Crippen LogP) is 1.82. The number of carbonyl (C=O) groups excluding carboxylic acids is 1. The first-order valence-corrected chi connectivity index (χ1v) is 6.82. The summed E-state index contributed by atoms with van der Waals surface area (Å²) in [6, 6.07) is 8.01. The molecule has 1 atom stereocenters. The van der Waals surface area contributed by atoms with E-state index in [1.807, 2.05) is 31.2 Å². The fourth-order valence-corrected chi connectivity index (χ4v) is 2.57. The summed E-state index contributed by atoms with van der Waals surface area (Å²) in [5.74, 6) is 0.128. The normalized spacial score (nSPS) is 18.9. The van der Waals surface area contributed by atoms with E-state index in [1.54, 1.807) is 0 Å². The number of fused-ring (bicyclic) bond motifs is 1. The van der Waals surface area contributed by atoms with E-state index in [1.165, 1.54) is 0 Å². The molecule has 0 spiro atoms. The lowest BCUT2D eigenvalue weighted by molar-refractivity contribution is -0.122. The van der Waals surface area contributed by atoms with Gasteiger partial charge in [-0.15, -0.1) is 0 Å². The van der Waals surface area contributed by atoms with Gasteiger partial charge < -0.3 is 16.4 Å². The van der Waals surface area contributed by atoms with E-state index < -0.39 is 0 Å². The summed E-state index contributed by atoms with van der Waals surface area (Å²) in [6.07, 6.45) is 1.42. The third-order valence-corrected chi connectivity index (χ3v) is 3.59. The molecule has 3 rings (SSSR count). The maximum absolute atomic E-state index is 11.2. The molecule has 5 nitrogen and oxygen atoms in total. The van der Waals surface area contributed by atoms with Gasteiger partial charge >= 0.3 is 0 Å². The number of aromatic nitrogens is 1. The van der Waals surface area contributed by atoms with Crippen LogP contribution in [-0.4, -0.2) is 23.5 Å². The number of anilines is 2. The minimum absolute atomic E-state index is 0.128. The average Bonchev–Trinajstić information content (AvgIpc) is 2.42. The highest BCUT2D eigenvalue weighted by Crippen LogP contribution is 2.26. The third-order valence-electron chi connectivity index (χ3n) is 3.59. The summed E-state index contributed by atoms with van der Waals surface area (Å²) in [5, 5.41) is 7.41. The molecule has 5 heteroatoms. The highest BCUT2D eigenvalue weighted by Gasteiger charge is 2.18. The molecule has 1 amide bonds. The van der Waals surface area contributed by atoms with E-state index in [0.29, 0.717) is 13.0 Å². The van der Waals surface area contributed by atoms with E-state index in [0.717, 1.165) is 34.4 Å². The van der Waals surface area contributed by atoms with Gasteiger partial charge in [0.05, 0.1) is 5.52 Å². The van der Waals surface area contributed by atoms with Crippen molar-refractivity contribution in [3.63, 3.8) is 0 Å². The van der Waals surface area contributed by atoms with Crippen molar-refractivity contribution in [2.45, 2.75) is 25.8 Å². The van der Waals surface area contributed by atoms with Crippen molar-refractivity contribution < 1.29 is 4.79 Å². The topological polar surface area (TPSA) is 80.0 Å².